The molecule has 0 aliphatic heterocycles. The maximum absolute atomic E-state index is 12.1. The molecule has 0 fully saturated rings. The van der Waals surface area contributed by atoms with E-state index in [-0.39, 0.29) is 6.42 Å². The van der Waals surface area contributed by atoms with Gasteiger partial charge in [-0.05, 0) is 64.2 Å². The van der Waals surface area contributed by atoms with Crippen LogP contribution in [0.25, 0.3) is 0 Å². The molecule has 5 nitrogen and oxygen atoms in total. The molecule has 28 heavy (non-hydrogen) atoms. The van der Waals surface area contributed by atoms with E-state index >= 15 is 0 Å². The zero-order valence-corrected chi connectivity index (χ0v) is 18.6. The number of carbonyl (C=O) groups is 2. The van der Waals surface area contributed by atoms with Gasteiger partial charge in [0.1, 0.15) is 10.9 Å². The van der Waals surface area contributed by atoms with Gasteiger partial charge >= 0.3 is 11.9 Å². The second kappa shape index (κ2) is 9.47. The van der Waals surface area contributed by atoms with Crippen LogP contribution in [0.3, 0.4) is 0 Å². The number of esters is 1. The molecule has 1 atom stereocenters. The summed E-state index contributed by atoms with van der Waals surface area (Å²) < 4.78 is 5.28. The number of thioether (sulfide) groups is 1. The molecule has 0 aliphatic carbocycles. The van der Waals surface area contributed by atoms with Crippen molar-refractivity contribution in [2.24, 2.45) is 5.92 Å². The number of aliphatic carboxylic acids is 1. The Kier molecular flexibility index (Phi) is 8.13. The monoisotopic (exact) mass is 405 g/mol. The van der Waals surface area contributed by atoms with E-state index < -0.39 is 28.2 Å². The molecule has 0 bridgehead atoms. The van der Waals surface area contributed by atoms with Crippen LogP contribution in [0.15, 0.2) is 23.1 Å². The third kappa shape index (κ3) is 7.55. The van der Waals surface area contributed by atoms with E-state index in [1.165, 1.54) is 0 Å². The molecule has 0 aromatic heterocycles. The molecule has 0 amide bonds. The maximum Gasteiger partial charge on any atom is 0.317 e. The van der Waals surface area contributed by atoms with E-state index in [1.54, 1.807) is 20.8 Å². The van der Waals surface area contributed by atoms with Crippen molar-refractivity contribution >= 4 is 23.7 Å². The Hall–Kier alpha value is -2.00. The summed E-state index contributed by atoms with van der Waals surface area (Å²) in [7, 11) is 0. The Morgan fingerprint density at radius 3 is 2.29 bits per heavy atom. The van der Waals surface area contributed by atoms with Gasteiger partial charge < -0.3 is 9.84 Å². The number of carbonyl (C=O) groups excluding carboxylic acids is 1. The third-order valence-corrected chi connectivity index (χ3v) is 5.31. The lowest BCUT2D eigenvalue weighted by Crippen LogP contribution is -2.28. The maximum atomic E-state index is 12.1. The van der Waals surface area contributed by atoms with Gasteiger partial charge in [0.2, 0.25) is 0 Å². The van der Waals surface area contributed by atoms with Gasteiger partial charge in [-0.3, -0.25) is 9.59 Å². The second-order valence-corrected chi connectivity index (χ2v) is 10.1. The van der Waals surface area contributed by atoms with Crippen molar-refractivity contribution in [2.75, 3.05) is 0 Å². The summed E-state index contributed by atoms with van der Waals surface area (Å²) in [6.07, 6.45) is 0.556. The molecule has 0 unspecified atom stereocenters. The van der Waals surface area contributed by atoms with Gasteiger partial charge in [0.15, 0.2) is 0 Å². The van der Waals surface area contributed by atoms with Crippen LogP contribution < -0.4 is 0 Å². The Morgan fingerprint density at radius 2 is 1.82 bits per heavy atom. The van der Waals surface area contributed by atoms with E-state index in [9.17, 15) is 20.0 Å². The predicted octanol–water partition coefficient (Wildman–Crippen LogP) is 4.96. The van der Waals surface area contributed by atoms with E-state index in [4.69, 9.17) is 4.74 Å². The number of rotatable bonds is 8. The lowest BCUT2D eigenvalue weighted by atomic mass is 9.85. The van der Waals surface area contributed by atoms with Gasteiger partial charge in [0, 0.05) is 4.90 Å². The first-order valence-electron chi connectivity index (χ1n) is 9.41. The highest BCUT2D eigenvalue weighted by Crippen LogP contribution is 2.34. The van der Waals surface area contributed by atoms with Crippen LogP contribution in [0.1, 0.15) is 66.0 Å². The Balaban J connectivity index is 3.16. The average Bonchev–Trinajstić information content (AvgIpc) is 2.53. The summed E-state index contributed by atoms with van der Waals surface area (Å²) >= 11 is 1.16. The summed E-state index contributed by atoms with van der Waals surface area (Å²) in [5.74, 6) is -1.21. The van der Waals surface area contributed by atoms with E-state index in [0.717, 1.165) is 34.2 Å². The Bertz CT molecular complexity index is 757. The SMILES string of the molecule is CC(C)Cc1cc(C(C)(C)C#N)ccc1S[C@@H](CC(=O)OC(C)(C)C)C(=O)O. The van der Waals surface area contributed by atoms with E-state index in [1.807, 2.05) is 32.0 Å². The van der Waals surface area contributed by atoms with Crippen molar-refractivity contribution in [3.8, 4) is 6.07 Å². The number of hydrogen-bond acceptors (Lipinski definition) is 5. The summed E-state index contributed by atoms with van der Waals surface area (Å²) in [6, 6.07) is 8.01. The summed E-state index contributed by atoms with van der Waals surface area (Å²) in [5, 5.41) is 18.1. The number of carboxylic acids is 1. The third-order valence-electron chi connectivity index (χ3n) is 4.01. The van der Waals surface area contributed by atoms with Gasteiger partial charge in [-0.15, -0.1) is 11.8 Å². The lowest BCUT2D eigenvalue weighted by molar-refractivity contribution is -0.156. The van der Waals surface area contributed by atoms with Crippen molar-refractivity contribution in [1.29, 1.82) is 5.26 Å². The summed E-state index contributed by atoms with van der Waals surface area (Å²) in [6.45, 7) is 13.2. The zero-order chi connectivity index (χ0) is 21.7. The molecule has 0 saturated heterocycles. The van der Waals surface area contributed by atoms with Crippen molar-refractivity contribution in [3.05, 3.63) is 29.3 Å². The highest BCUT2D eigenvalue weighted by molar-refractivity contribution is 8.00. The van der Waals surface area contributed by atoms with Gasteiger partial charge in [-0.25, -0.2) is 0 Å². The van der Waals surface area contributed by atoms with Crippen molar-refractivity contribution in [3.63, 3.8) is 0 Å². The molecule has 6 heteroatoms. The molecule has 0 spiro atoms. The highest BCUT2D eigenvalue weighted by Gasteiger charge is 2.28. The minimum absolute atomic E-state index is 0.205. The number of benzene rings is 1. The fourth-order valence-electron chi connectivity index (χ4n) is 2.61. The molecule has 0 aliphatic rings. The lowest BCUT2D eigenvalue weighted by Gasteiger charge is -2.22. The van der Waals surface area contributed by atoms with Gasteiger partial charge in [0.05, 0.1) is 17.9 Å². The molecule has 1 N–H and O–H groups in total. The van der Waals surface area contributed by atoms with Crippen LogP contribution in [-0.4, -0.2) is 27.9 Å². The minimum atomic E-state index is -1.05. The van der Waals surface area contributed by atoms with Gasteiger partial charge in [-0.2, -0.15) is 5.26 Å². The van der Waals surface area contributed by atoms with Crippen LogP contribution in [0.4, 0.5) is 0 Å². The first-order chi connectivity index (χ1) is 12.7. The van der Waals surface area contributed by atoms with E-state index in [0.29, 0.717) is 5.92 Å². The number of carboxylic acid groups (broad SMARTS) is 1. The van der Waals surface area contributed by atoms with Gasteiger partial charge in [0.25, 0.3) is 0 Å². The quantitative estimate of drug-likeness (QED) is 0.486. The van der Waals surface area contributed by atoms with Crippen LogP contribution in [0, 0.1) is 17.2 Å². The molecule has 0 heterocycles. The van der Waals surface area contributed by atoms with Crippen molar-refractivity contribution in [2.45, 2.75) is 82.5 Å². The Morgan fingerprint density at radius 1 is 1.21 bits per heavy atom. The number of hydrogen-bond donors (Lipinski definition) is 1. The second-order valence-electron chi connectivity index (χ2n) is 8.89. The van der Waals surface area contributed by atoms with Crippen molar-refractivity contribution < 1.29 is 19.4 Å². The van der Waals surface area contributed by atoms with Crippen LogP contribution >= 0.6 is 11.8 Å². The number of nitriles is 1. The average molecular weight is 406 g/mol. The molecule has 1 rings (SSSR count). The molecule has 1 aromatic carbocycles. The minimum Gasteiger partial charge on any atom is -0.480 e. The van der Waals surface area contributed by atoms with Gasteiger partial charge in [-0.1, -0.05) is 26.0 Å². The van der Waals surface area contributed by atoms with Crippen LogP contribution in [-0.2, 0) is 26.2 Å². The first kappa shape index (κ1) is 24.0. The smallest absolute Gasteiger partial charge is 0.317 e. The van der Waals surface area contributed by atoms with Crippen LogP contribution in [0.5, 0.6) is 0 Å². The molecule has 154 valence electrons. The molecule has 0 saturated carbocycles. The normalized spacial score (nSPS) is 13.1. The molecular weight excluding hydrogens is 374 g/mol. The van der Waals surface area contributed by atoms with E-state index in [2.05, 4.69) is 19.9 Å². The fourth-order valence-corrected chi connectivity index (χ4v) is 3.68. The molecular formula is C22H31NO4S. The Labute approximate surface area is 172 Å². The zero-order valence-electron chi connectivity index (χ0n) is 17.8. The molecule has 1 aromatic rings. The standard InChI is InChI=1S/C22H31NO4S/c1-14(2)10-15-11-16(22(6,7)13-23)8-9-17(15)28-18(20(25)26)12-19(24)27-21(3,4)5/h8-9,11,14,18H,10,12H2,1-7H3,(H,25,26)/t18-/m0/s1. The topological polar surface area (TPSA) is 87.4 Å². The number of ether oxygens (including phenoxy) is 1. The van der Waals surface area contributed by atoms with Crippen LogP contribution in [0.2, 0.25) is 0 Å². The number of nitrogens with zero attached hydrogens (tertiary/aromatic N) is 1. The first-order valence-corrected chi connectivity index (χ1v) is 10.3. The predicted molar refractivity (Wildman–Crippen MR) is 111 cm³/mol. The highest BCUT2D eigenvalue weighted by atomic mass is 32.2. The summed E-state index contributed by atoms with van der Waals surface area (Å²) in [5.41, 5.74) is 0.612. The molecule has 0 radical (unpaired) electrons. The largest absolute Gasteiger partial charge is 0.480 e. The summed E-state index contributed by atoms with van der Waals surface area (Å²) in [4.78, 5) is 24.7. The fraction of sp³-hybridized carbons (Fsp3) is 0.591. The van der Waals surface area contributed by atoms with Crippen molar-refractivity contribution in [1.82, 2.24) is 0 Å².